The molecule has 1 saturated carbocycles. The highest BCUT2D eigenvalue weighted by Gasteiger charge is 2.31. The molecule has 15 heavy (non-hydrogen) atoms. The van der Waals surface area contributed by atoms with Crippen LogP contribution in [0.4, 0.5) is 5.82 Å². The van der Waals surface area contributed by atoms with Gasteiger partial charge in [0.1, 0.15) is 5.82 Å². The number of nitrogens with one attached hydrogen (secondary N) is 1. The summed E-state index contributed by atoms with van der Waals surface area (Å²) in [6, 6.07) is 0.0623. The summed E-state index contributed by atoms with van der Waals surface area (Å²) in [5.41, 5.74) is 0. The lowest BCUT2D eigenvalue weighted by Crippen LogP contribution is -2.26. The zero-order valence-electron chi connectivity index (χ0n) is 7.95. The number of aromatic nitrogens is 2. The molecule has 1 fully saturated rings. The van der Waals surface area contributed by atoms with Crippen molar-refractivity contribution in [3.8, 4) is 0 Å². The van der Waals surface area contributed by atoms with E-state index in [9.17, 15) is 5.11 Å². The molecule has 6 heteroatoms. The molecule has 82 valence electrons. The van der Waals surface area contributed by atoms with Crippen molar-refractivity contribution in [3.63, 3.8) is 0 Å². The van der Waals surface area contributed by atoms with E-state index < -0.39 is 0 Å². The zero-order chi connectivity index (χ0) is 10.8. The van der Waals surface area contributed by atoms with E-state index in [0.29, 0.717) is 11.7 Å². The number of aliphatic hydroxyl groups is 1. The van der Waals surface area contributed by atoms with Crippen molar-refractivity contribution >= 4 is 33.3 Å². The molecule has 1 atom stereocenters. The van der Waals surface area contributed by atoms with Crippen LogP contribution in [0.5, 0.6) is 0 Å². The van der Waals surface area contributed by atoms with E-state index in [-0.39, 0.29) is 17.9 Å². The van der Waals surface area contributed by atoms with E-state index in [2.05, 4.69) is 31.2 Å². The van der Waals surface area contributed by atoms with E-state index in [1.807, 2.05) is 0 Å². The second-order valence-corrected chi connectivity index (χ2v) is 4.80. The molecule has 2 rings (SSSR count). The van der Waals surface area contributed by atoms with Crippen molar-refractivity contribution in [1.82, 2.24) is 9.97 Å². The largest absolute Gasteiger partial charge is 0.394 e. The van der Waals surface area contributed by atoms with Crippen LogP contribution in [0.1, 0.15) is 12.8 Å². The third kappa shape index (κ3) is 2.80. The van der Waals surface area contributed by atoms with Crippen molar-refractivity contribution in [3.05, 3.63) is 16.0 Å². The van der Waals surface area contributed by atoms with Gasteiger partial charge in [0.05, 0.1) is 17.1 Å². The molecule has 2 N–H and O–H groups in total. The maximum absolute atomic E-state index is 9.20. The van der Waals surface area contributed by atoms with Gasteiger partial charge in [-0.3, -0.25) is 0 Å². The molecule has 0 aromatic carbocycles. The summed E-state index contributed by atoms with van der Waals surface area (Å²) in [6.07, 6.45) is 3.92. The van der Waals surface area contributed by atoms with Crippen molar-refractivity contribution < 1.29 is 5.11 Å². The third-order valence-electron chi connectivity index (χ3n) is 2.42. The van der Waals surface area contributed by atoms with Crippen LogP contribution in [0, 0.1) is 5.92 Å². The summed E-state index contributed by atoms with van der Waals surface area (Å²) in [7, 11) is 0. The van der Waals surface area contributed by atoms with Crippen molar-refractivity contribution in [1.29, 1.82) is 0 Å². The normalized spacial score (nSPS) is 17.5. The van der Waals surface area contributed by atoms with Crippen molar-refractivity contribution in [2.75, 3.05) is 11.9 Å². The smallest absolute Gasteiger partial charge is 0.224 e. The van der Waals surface area contributed by atoms with Gasteiger partial charge in [0.25, 0.3) is 0 Å². The number of aliphatic hydroxyl groups excluding tert-OH is 1. The lowest BCUT2D eigenvalue weighted by molar-refractivity contribution is 0.263. The van der Waals surface area contributed by atoms with Gasteiger partial charge in [-0.25, -0.2) is 4.98 Å². The summed E-state index contributed by atoms with van der Waals surface area (Å²) in [5.74, 6) is 1.19. The maximum atomic E-state index is 9.20. The standard InChI is InChI=1S/C9H11BrClN3O/c10-6-3-12-9(11)14-8(6)13-7(4-15)5-1-2-5/h3,5,7,15H,1-2,4H2,(H,12,13,14)/t7-/m1/s1. The van der Waals surface area contributed by atoms with Gasteiger partial charge >= 0.3 is 0 Å². The molecular formula is C9H11BrClN3O. The Morgan fingerprint density at radius 1 is 1.67 bits per heavy atom. The van der Waals surface area contributed by atoms with E-state index >= 15 is 0 Å². The first-order valence-electron chi connectivity index (χ1n) is 4.76. The number of halogens is 2. The number of hydrogen-bond acceptors (Lipinski definition) is 4. The first-order chi connectivity index (χ1) is 7.20. The predicted molar refractivity (Wildman–Crippen MR) is 62.0 cm³/mol. The monoisotopic (exact) mass is 291 g/mol. The van der Waals surface area contributed by atoms with Gasteiger partial charge in [-0.2, -0.15) is 4.98 Å². The molecule has 0 aliphatic heterocycles. The van der Waals surface area contributed by atoms with E-state index in [0.717, 1.165) is 17.3 Å². The van der Waals surface area contributed by atoms with Crippen LogP contribution in [0.3, 0.4) is 0 Å². The summed E-state index contributed by atoms with van der Waals surface area (Å²) in [6.45, 7) is 0.110. The molecule has 0 spiro atoms. The van der Waals surface area contributed by atoms with Crippen LogP contribution in [0.2, 0.25) is 5.28 Å². The molecular weight excluding hydrogens is 281 g/mol. The summed E-state index contributed by atoms with van der Waals surface area (Å²) in [4.78, 5) is 7.89. The maximum Gasteiger partial charge on any atom is 0.224 e. The third-order valence-corrected chi connectivity index (χ3v) is 3.19. The first-order valence-corrected chi connectivity index (χ1v) is 5.93. The Bertz CT molecular complexity index is 359. The summed E-state index contributed by atoms with van der Waals surface area (Å²) < 4.78 is 0.756. The highest BCUT2D eigenvalue weighted by Crippen LogP contribution is 2.34. The number of rotatable bonds is 4. The predicted octanol–water partition coefficient (Wildman–Crippen LogP) is 2.08. The Morgan fingerprint density at radius 2 is 2.40 bits per heavy atom. The van der Waals surface area contributed by atoms with Crippen molar-refractivity contribution in [2.24, 2.45) is 5.92 Å². The number of anilines is 1. The molecule has 0 unspecified atom stereocenters. The lowest BCUT2D eigenvalue weighted by Gasteiger charge is -2.16. The summed E-state index contributed by atoms with van der Waals surface area (Å²) >= 11 is 9.02. The Hall–Kier alpha value is -0.390. The van der Waals surface area contributed by atoms with E-state index in [4.69, 9.17) is 11.6 Å². The first kappa shape index (κ1) is 11.1. The highest BCUT2D eigenvalue weighted by molar-refractivity contribution is 9.10. The molecule has 1 aliphatic rings. The number of nitrogens with zero attached hydrogens (tertiary/aromatic N) is 2. The van der Waals surface area contributed by atoms with Crippen LogP contribution >= 0.6 is 27.5 Å². The Morgan fingerprint density at radius 3 is 3.00 bits per heavy atom. The average Bonchev–Trinajstić information content (AvgIpc) is 3.03. The molecule has 4 nitrogen and oxygen atoms in total. The zero-order valence-corrected chi connectivity index (χ0v) is 10.3. The molecule has 1 aromatic rings. The molecule has 0 saturated heterocycles. The lowest BCUT2D eigenvalue weighted by atomic mass is 10.2. The molecule has 0 amide bonds. The van der Waals surface area contributed by atoms with E-state index in [1.54, 1.807) is 6.20 Å². The van der Waals surface area contributed by atoms with Crippen LogP contribution in [-0.4, -0.2) is 27.7 Å². The van der Waals surface area contributed by atoms with Gasteiger partial charge in [-0.05, 0) is 46.3 Å². The highest BCUT2D eigenvalue weighted by atomic mass is 79.9. The summed E-state index contributed by atoms with van der Waals surface area (Å²) in [5, 5.41) is 12.6. The Kier molecular flexibility index (Phi) is 3.43. The second kappa shape index (κ2) is 4.63. The second-order valence-electron chi connectivity index (χ2n) is 3.61. The quantitative estimate of drug-likeness (QED) is 0.834. The van der Waals surface area contributed by atoms with Gasteiger partial charge in [-0.15, -0.1) is 0 Å². The van der Waals surface area contributed by atoms with E-state index in [1.165, 1.54) is 0 Å². The average molecular weight is 293 g/mol. The Balaban J connectivity index is 2.11. The minimum absolute atomic E-state index is 0.0623. The van der Waals surface area contributed by atoms with Crippen LogP contribution in [0.15, 0.2) is 10.7 Å². The minimum atomic E-state index is 0.0623. The van der Waals surface area contributed by atoms with Crippen LogP contribution in [-0.2, 0) is 0 Å². The van der Waals surface area contributed by atoms with Crippen LogP contribution < -0.4 is 5.32 Å². The van der Waals surface area contributed by atoms with Gasteiger partial charge < -0.3 is 10.4 Å². The fraction of sp³-hybridized carbons (Fsp3) is 0.556. The molecule has 1 aliphatic carbocycles. The van der Waals surface area contributed by atoms with Gasteiger partial charge in [0.15, 0.2) is 0 Å². The topological polar surface area (TPSA) is 58.0 Å². The number of hydrogen-bond donors (Lipinski definition) is 2. The molecule has 0 radical (unpaired) electrons. The van der Waals surface area contributed by atoms with Gasteiger partial charge in [0, 0.05) is 6.20 Å². The molecule has 0 bridgehead atoms. The fourth-order valence-electron chi connectivity index (χ4n) is 1.43. The molecule has 1 aromatic heterocycles. The van der Waals surface area contributed by atoms with Gasteiger partial charge in [0.2, 0.25) is 5.28 Å². The fourth-order valence-corrected chi connectivity index (χ4v) is 1.87. The van der Waals surface area contributed by atoms with Gasteiger partial charge in [-0.1, -0.05) is 0 Å². The minimum Gasteiger partial charge on any atom is -0.394 e. The van der Waals surface area contributed by atoms with Crippen molar-refractivity contribution in [2.45, 2.75) is 18.9 Å². The Labute approximate surface area is 101 Å². The SMILES string of the molecule is OC[C@@H](Nc1nc(Cl)ncc1Br)C1CC1. The molecule has 1 heterocycles. The van der Waals surface area contributed by atoms with Crippen LogP contribution in [0.25, 0.3) is 0 Å².